The van der Waals surface area contributed by atoms with Gasteiger partial charge in [0.15, 0.2) is 10.6 Å². The van der Waals surface area contributed by atoms with Crippen molar-refractivity contribution < 1.29 is 15.0 Å². The summed E-state index contributed by atoms with van der Waals surface area (Å²) in [5.74, 6) is 0.208. The van der Waals surface area contributed by atoms with Gasteiger partial charge in [0.1, 0.15) is 11.5 Å². The number of H-pyrrole nitrogens is 1. The van der Waals surface area contributed by atoms with Crippen molar-refractivity contribution >= 4 is 29.2 Å². The summed E-state index contributed by atoms with van der Waals surface area (Å²) in [6.45, 7) is 4.00. The maximum Gasteiger partial charge on any atom is 0.325 e. The minimum Gasteiger partial charge on any atom is -0.508 e. The van der Waals surface area contributed by atoms with E-state index < -0.39 is 0 Å². The number of hydrogen-bond acceptors (Lipinski definition) is 5. The van der Waals surface area contributed by atoms with E-state index >= 15 is 0 Å². The number of rotatable bonds is 2. The number of benzene rings is 2. The van der Waals surface area contributed by atoms with E-state index in [1.807, 2.05) is 38.1 Å². The lowest BCUT2D eigenvalue weighted by Gasteiger charge is -2.10. The van der Waals surface area contributed by atoms with Gasteiger partial charge in [-0.1, -0.05) is 19.9 Å². The summed E-state index contributed by atoms with van der Waals surface area (Å²) in [5, 5.41) is 30.1. The molecule has 150 valence electrons. The topological polar surface area (TPSA) is 108 Å². The molecule has 0 saturated heterocycles. The number of carbonyl (C=O) groups excluding carboxylic acids is 1. The molecule has 0 atom stereocenters. The number of nitrogens with one attached hydrogen (secondary N) is 2. The van der Waals surface area contributed by atoms with Crippen molar-refractivity contribution in [2.75, 3.05) is 7.05 Å². The van der Waals surface area contributed by atoms with Gasteiger partial charge in [-0.3, -0.25) is 14.2 Å². The third-order valence-corrected chi connectivity index (χ3v) is 4.55. The predicted octanol–water partition coefficient (Wildman–Crippen LogP) is 4.18. The van der Waals surface area contributed by atoms with Crippen molar-refractivity contribution in [2.45, 2.75) is 13.8 Å². The van der Waals surface area contributed by atoms with E-state index in [0.29, 0.717) is 27.4 Å². The molecule has 0 bridgehead atoms. The van der Waals surface area contributed by atoms with Crippen LogP contribution in [-0.2, 0) is 0 Å². The molecule has 2 aromatic heterocycles. The monoisotopic (exact) mass is 411 g/mol. The summed E-state index contributed by atoms with van der Waals surface area (Å²) >= 11 is 5.40. The maximum absolute atomic E-state index is 12.1. The van der Waals surface area contributed by atoms with Crippen LogP contribution in [0.5, 0.6) is 11.5 Å². The Hall–Kier alpha value is -3.59. The van der Waals surface area contributed by atoms with Crippen LogP contribution >= 0.6 is 12.2 Å². The van der Waals surface area contributed by atoms with Crippen LogP contribution in [-0.4, -0.2) is 42.6 Å². The molecule has 9 heteroatoms. The number of fused-ring (bicyclic) bond motifs is 1. The van der Waals surface area contributed by atoms with Gasteiger partial charge in [-0.05, 0) is 42.5 Å². The second kappa shape index (κ2) is 8.19. The number of phenolic OH excluding ortho intramolecular Hbond substituents is 2. The van der Waals surface area contributed by atoms with Crippen LogP contribution in [0.4, 0.5) is 4.79 Å². The maximum atomic E-state index is 12.1. The fraction of sp³-hybridized carbons (Fsp3) is 0.150. The van der Waals surface area contributed by atoms with Gasteiger partial charge >= 0.3 is 6.03 Å². The second-order valence-corrected chi connectivity index (χ2v) is 6.23. The quantitative estimate of drug-likeness (QED) is 0.370. The molecule has 1 amide bonds. The highest BCUT2D eigenvalue weighted by Gasteiger charge is 2.18. The Morgan fingerprint density at radius 1 is 1.17 bits per heavy atom. The van der Waals surface area contributed by atoms with E-state index in [1.54, 1.807) is 23.9 Å². The van der Waals surface area contributed by atoms with E-state index in [2.05, 4.69) is 15.5 Å². The number of aromatic nitrogens is 4. The van der Waals surface area contributed by atoms with Crippen LogP contribution in [0, 0.1) is 4.77 Å². The van der Waals surface area contributed by atoms with E-state index in [4.69, 9.17) is 12.2 Å². The molecule has 0 saturated carbocycles. The first-order valence-corrected chi connectivity index (χ1v) is 9.44. The summed E-state index contributed by atoms with van der Waals surface area (Å²) in [7, 11) is 1.57. The lowest BCUT2D eigenvalue weighted by Crippen LogP contribution is -2.23. The smallest absolute Gasteiger partial charge is 0.325 e. The fourth-order valence-electron chi connectivity index (χ4n) is 3.05. The highest BCUT2D eigenvalue weighted by atomic mass is 32.1. The van der Waals surface area contributed by atoms with Crippen molar-refractivity contribution in [3.05, 3.63) is 53.4 Å². The van der Waals surface area contributed by atoms with Crippen molar-refractivity contribution in [3.63, 3.8) is 0 Å². The summed E-state index contributed by atoms with van der Waals surface area (Å²) in [6, 6.07) is 11.3. The van der Waals surface area contributed by atoms with Gasteiger partial charge in [-0.2, -0.15) is 5.10 Å². The highest BCUT2D eigenvalue weighted by molar-refractivity contribution is 7.71. The molecule has 0 aliphatic rings. The zero-order valence-corrected chi connectivity index (χ0v) is 17.0. The minimum atomic E-state index is -0.255. The first-order chi connectivity index (χ1) is 14.0. The van der Waals surface area contributed by atoms with Crippen LogP contribution < -0.4 is 5.32 Å². The number of phenols is 2. The van der Waals surface area contributed by atoms with Crippen LogP contribution in [0.1, 0.15) is 13.8 Å². The Morgan fingerprint density at radius 3 is 2.62 bits per heavy atom. The number of aromatic amines is 1. The van der Waals surface area contributed by atoms with Gasteiger partial charge in [0.25, 0.3) is 0 Å². The van der Waals surface area contributed by atoms with Gasteiger partial charge in [0.2, 0.25) is 0 Å². The molecule has 29 heavy (non-hydrogen) atoms. The summed E-state index contributed by atoms with van der Waals surface area (Å²) in [5.41, 5.74) is 1.81. The first-order valence-electron chi connectivity index (χ1n) is 9.03. The molecule has 0 unspecified atom stereocenters. The Balaban J connectivity index is 0.00000117. The van der Waals surface area contributed by atoms with Gasteiger partial charge in [0, 0.05) is 24.7 Å². The molecular formula is C20H21N5O3S. The highest BCUT2D eigenvalue weighted by Crippen LogP contribution is 2.34. The molecule has 0 aliphatic heterocycles. The Morgan fingerprint density at radius 2 is 1.93 bits per heavy atom. The van der Waals surface area contributed by atoms with Crippen molar-refractivity contribution in [1.82, 2.24) is 24.6 Å². The van der Waals surface area contributed by atoms with Gasteiger partial charge in [0.05, 0.1) is 16.8 Å². The third-order valence-electron chi connectivity index (χ3n) is 4.28. The summed E-state index contributed by atoms with van der Waals surface area (Å²) in [4.78, 5) is 12.1. The van der Waals surface area contributed by atoms with Crippen LogP contribution in [0.3, 0.4) is 0 Å². The number of hydrogen-bond donors (Lipinski definition) is 4. The van der Waals surface area contributed by atoms with Gasteiger partial charge in [-0.25, -0.2) is 4.79 Å². The summed E-state index contributed by atoms with van der Waals surface area (Å²) < 4.78 is 3.51. The molecule has 4 rings (SSSR count). The minimum absolute atomic E-state index is 0.0540. The average Bonchev–Trinajstić information content (AvgIpc) is 3.32. The normalized spacial score (nSPS) is 10.4. The largest absolute Gasteiger partial charge is 0.508 e. The lowest BCUT2D eigenvalue weighted by atomic mass is 10.1. The van der Waals surface area contributed by atoms with Gasteiger partial charge < -0.3 is 15.5 Å². The SMILES string of the molecule is CC.CNC(=O)n1ccc2c(-n3c(-c4ccc(O)cc4O)n[nH]c3=S)cccc21. The number of aromatic hydroxyl groups is 2. The molecule has 2 aromatic carbocycles. The Labute approximate surface area is 172 Å². The van der Waals surface area contributed by atoms with Gasteiger partial charge in [-0.15, -0.1) is 0 Å². The Bertz CT molecular complexity index is 1240. The average molecular weight is 411 g/mol. The van der Waals surface area contributed by atoms with E-state index in [0.717, 1.165) is 5.39 Å². The van der Waals surface area contributed by atoms with E-state index in [-0.39, 0.29) is 17.5 Å². The molecule has 8 nitrogen and oxygen atoms in total. The first kappa shape index (κ1) is 20.2. The molecule has 0 aliphatic carbocycles. The van der Waals surface area contributed by atoms with Crippen molar-refractivity contribution in [3.8, 4) is 28.6 Å². The molecule has 0 radical (unpaired) electrons. The molecular weight excluding hydrogens is 390 g/mol. The fourth-order valence-corrected chi connectivity index (χ4v) is 3.28. The van der Waals surface area contributed by atoms with Crippen molar-refractivity contribution in [1.29, 1.82) is 0 Å². The molecule has 2 heterocycles. The molecule has 4 aromatic rings. The molecule has 4 N–H and O–H groups in total. The van der Waals surface area contributed by atoms with E-state index in [1.165, 1.54) is 16.7 Å². The van der Waals surface area contributed by atoms with Crippen molar-refractivity contribution in [2.24, 2.45) is 0 Å². The standard InChI is InChI=1S/C18H15N5O3S.C2H6/c1-19-17(26)22-8-7-11-13(22)3-2-4-14(11)23-16(20-21-18(23)27)12-6-5-10(24)9-15(12)25;1-2/h2-9,24-25H,1H3,(H,19,26)(H,21,27);1-2H3. The number of carbonyl (C=O) groups is 1. The van der Waals surface area contributed by atoms with Crippen LogP contribution in [0.25, 0.3) is 28.0 Å². The zero-order valence-electron chi connectivity index (χ0n) is 16.2. The molecule has 0 fully saturated rings. The lowest BCUT2D eigenvalue weighted by molar-refractivity contribution is 0.245. The number of amides is 1. The van der Waals surface area contributed by atoms with Crippen LogP contribution in [0.2, 0.25) is 0 Å². The predicted molar refractivity (Wildman–Crippen MR) is 114 cm³/mol. The third kappa shape index (κ3) is 3.47. The second-order valence-electron chi connectivity index (χ2n) is 5.84. The van der Waals surface area contributed by atoms with E-state index in [9.17, 15) is 15.0 Å². The zero-order chi connectivity index (χ0) is 21.1. The summed E-state index contributed by atoms with van der Waals surface area (Å²) in [6.07, 6.45) is 1.67. The Kier molecular flexibility index (Phi) is 5.69. The molecule has 0 spiro atoms. The van der Waals surface area contributed by atoms with Crippen LogP contribution in [0.15, 0.2) is 48.7 Å². The number of nitrogens with zero attached hydrogens (tertiary/aromatic N) is 3.